The Morgan fingerprint density at radius 3 is 2.66 bits per heavy atom. The summed E-state index contributed by atoms with van der Waals surface area (Å²) in [6.07, 6.45) is 7.37. The molecule has 0 unspecified atom stereocenters. The summed E-state index contributed by atoms with van der Waals surface area (Å²) in [7, 11) is 0. The molecule has 0 bridgehead atoms. The minimum atomic E-state index is -0.677. The Morgan fingerprint density at radius 1 is 1.16 bits per heavy atom. The number of likely N-dealkylation sites (tertiary alicyclic amines) is 1. The van der Waals surface area contributed by atoms with Gasteiger partial charge in [-0.2, -0.15) is 0 Å². The number of aromatic nitrogens is 2. The van der Waals surface area contributed by atoms with Gasteiger partial charge in [0, 0.05) is 31.5 Å². The predicted octanol–water partition coefficient (Wildman–Crippen LogP) is 3.17. The SMILES string of the molecule is N[C@H](Cc1ccc(F)cc1)C(=O)N1C[C@H](OCc2ccccc2)C[C@@H]1CCn1ccnc1. The van der Waals surface area contributed by atoms with Crippen LogP contribution in [0.4, 0.5) is 4.39 Å². The molecule has 2 aromatic carbocycles. The lowest BCUT2D eigenvalue weighted by molar-refractivity contribution is -0.134. The van der Waals surface area contributed by atoms with Gasteiger partial charge in [-0.05, 0) is 42.5 Å². The maximum absolute atomic E-state index is 13.3. The molecule has 2 N–H and O–H groups in total. The number of amides is 1. The number of nitrogens with zero attached hydrogens (tertiary/aromatic N) is 3. The van der Waals surface area contributed by atoms with Crippen molar-refractivity contribution in [2.24, 2.45) is 5.73 Å². The van der Waals surface area contributed by atoms with E-state index in [4.69, 9.17) is 10.5 Å². The first-order chi connectivity index (χ1) is 15.6. The third kappa shape index (κ3) is 5.81. The lowest BCUT2D eigenvalue weighted by atomic mass is 10.0. The van der Waals surface area contributed by atoms with E-state index in [9.17, 15) is 9.18 Å². The van der Waals surface area contributed by atoms with E-state index in [0.717, 1.165) is 30.5 Å². The van der Waals surface area contributed by atoms with Crippen molar-refractivity contribution >= 4 is 5.91 Å². The zero-order valence-corrected chi connectivity index (χ0v) is 18.0. The highest BCUT2D eigenvalue weighted by molar-refractivity contribution is 5.82. The van der Waals surface area contributed by atoms with E-state index in [0.29, 0.717) is 19.6 Å². The van der Waals surface area contributed by atoms with Crippen molar-refractivity contribution in [2.45, 2.75) is 50.6 Å². The maximum Gasteiger partial charge on any atom is 0.240 e. The first-order valence-electron chi connectivity index (χ1n) is 11.0. The van der Waals surface area contributed by atoms with E-state index >= 15 is 0 Å². The molecule has 1 aliphatic rings. The van der Waals surface area contributed by atoms with Crippen LogP contribution in [0.1, 0.15) is 24.0 Å². The van der Waals surface area contributed by atoms with Crippen LogP contribution in [0.2, 0.25) is 0 Å². The normalized spacial score (nSPS) is 19.2. The van der Waals surface area contributed by atoms with Crippen molar-refractivity contribution in [3.8, 4) is 0 Å². The highest BCUT2D eigenvalue weighted by Gasteiger charge is 2.37. The summed E-state index contributed by atoms with van der Waals surface area (Å²) in [4.78, 5) is 19.2. The van der Waals surface area contributed by atoms with Crippen molar-refractivity contribution in [3.63, 3.8) is 0 Å². The molecule has 0 saturated carbocycles. The highest BCUT2D eigenvalue weighted by Crippen LogP contribution is 2.25. The Labute approximate surface area is 187 Å². The second-order valence-electron chi connectivity index (χ2n) is 8.33. The lowest BCUT2D eigenvalue weighted by Crippen LogP contribution is -2.47. The molecule has 3 atom stereocenters. The molecule has 32 heavy (non-hydrogen) atoms. The Kier molecular flexibility index (Phi) is 7.29. The molecule has 0 radical (unpaired) electrons. The molecule has 7 heteroatoms. The predicted molar refractivity (Wildman–Crippen MR) is 120 cm³/mol. The molecule has 1 amide bonds. The fourth-order valence-corrected chi connectivity index (χ4v) is 4.22. The Bertz CT molecular complexity index is 979. The fourth-order valence-electron chi connectivity index (χ4n) is 4.22. The van der Waals surface area contributed by atoms with Crippen LogP contribution in [0.3, 0.4) is 0 Å². The number of rotatable bonds is 9. The number of hydrogen-bond donors (Lipinski definition) is 1. The zero-order valence-electron chi connectivity index (χ0n) is 18.0. The van der Waals surface area contributed by atoms with E-state index in [-0.39, 0.29) is 23.9 Å². The van der Waals surface area contributed by atoms with Crippen molar-refractivity contribution in [2.75, 3.05) is 6.54 Å². The summed E-state index contributed by atoms with van der Waals surface area (Å²) in [6, 6.07) is 15.5. The molecule has 0 spiro atoms. The van der Waals surface area contributed by atoms with Crippen molar-refractivity contribution in [1.82, 2.24) is 14.5 Å². The summed E-state index contributed by atoms with van der Waals surface area (Å²) < 4.78 is 21.4. The average molecular weight is 437 g/mol. The van der Waals surface area contributed by atoms with Crippen LogP contribution >= 0.6 is 0 Å². The number of carbonyl (C=O) groups excluding carboxylic acids is 1. The van der Waals surface area contributed by atoms with Gasteiger partial charge in [0.2, 0.25) is 5.91 Å². The average Bonchev–Trinajstić information content (AvgIpc) is 3.48. The van der Waals surface area contributed by atoms with Gasteiger partial charge in [-0.3, -0.25) is 4.79 Å². The number of ether oxygens (including phenoxy) is 1. The van der Waals surface area contributed by atoms with Crippen molar-refractivity contribution in [1.29, 1.82) is 0 Å². The molecule has 1 aliphatic heterocycles. The number of benzene rings is 2. The minimum absolute atomic E-state index is 0.0371. The van der Waals surface area contributed by atoms with Gasteiger partial charge in [0.1, 0.15) is 5.82 Å². The molecule has 168 valence electrons. The van der Waals surface area contributed by atoms with Crippen molar-refractivity contribution in [3.05, 3.63) is 90.3 Å². The molecule has 3 aromatic rings. The highest BCUT2D eigenvalue weighted by atomic mass is 19.1. The van der Waals surface area contributed by atoms with Crippen LogP contribution < -0.4 is 5.73 Å². The van der Waals surface area contributed by atoms with Gasteiger partial charge in [0.15, 0.2) is 0 Å². The fraction of sp³-hybridized carbons (Fsp3) is 0.360. The number of halogens is 1. The van der Waals surface area contributed by atoms with Gasteiger partial charge in [0.25, 0.3) is 0 Å². The Hall–Kier alpha value is -3.03. The number of aryl methyl sites for hydroxylation is 1. The van der Waals surface area contributed by atoms with E-state index in [1.165, 1.54) is 12.1 Å². The van der Waals surface area contributed by atoms with Crippen LogP contribution in [0, 0.1) is 5.82 Å². The van der Waals surface area contributed by atoms with Gasteiger partial charge in [0.05, 0.1) is 25.1 Å². The van der Waals surface area contributed by atoms with Crippen molar-refractivity contribution < 1.29 is 13.9 Å². The molecule has 0 aliphatic carbocycles. The monoisotopic (exact) mass is 436 g/mol. The topological polar surface area (TPSA) is 73.4 Å². The van der Waals surface area contributed by atoms with Crippen LogP contribution in [0.15, 0.2) is 73.3 Å². The van der Waals surface area contributed by atoms with Gasteiger partial charge in [-0.25, -0.2) is 9.37 Å². The standard InChI is InChI=1S/C25H29FN4O2/c26-21-8-6-19(7-9-21)14-24(27)25(31)30-16-23(32-17-20-4-2-1-3-5-20)15-22(30)10-12-29-13-11-28-18-29/h1-9,11,13,18,22-24H,10,12,14-17,27H2/t22-,23+,24+/m0/s1. The summed E-state index contributed by atoms with van der Waals surface area (Å²) >= 11 is 0. The first kappa shape index (κ1) is 22.2. The number of hydrogen-bond acceptors (Lipinski definition) is 4. The number of nitrogens with two attached hydrogens (primary N) is 1. The smallest absolute Gasteiger partial charge is 0.240 e. The third-order valence-corrected chi connectivity index (χ3v) is 5.95. The van der Waals surface area contributed by atoms with Gasteiger partial charge < -0.3 is 19.9 Å². The van der Waals surface area contributed by atoms with E-state index in [1.54, 1.807) is 24.7 Å². The quantitative estimate of drug-likeness (QED) is 0.559. The van der Waals surface area contributed by atoms with Crippen LogP contribution in [0.5, 0.6) is 0 Å². The van der Waals surface area contributed by atoms with Gasteiger partial charge in [-0.1, -0.05) is 42.5 Å². The van der Waals surface area contributed by atoms with E-state index in [2.05, 4.69) is 4.98 Å². The summed E-state index contributed by atoms with van der Waals surface area (Å²) in [5.41, 5.74) is 8.25. The molecule has 2 heterocycles. The van der Waals surface area contributed by atoms with E-state index in [1.807, 2.05) is 46.0 Å². The minimum Gasteiger partial charge on any atom is -0.372 e. The number of carbonyl (C=O) groups is 1. The second kappa shape index (κ2) is 10.5. The molecular formula is C25H29FN4O2. The molecule has 4 rings (SSSR count). The third-order valence-electron chi connectivity index (χ3n) is 5.95. The maximum atomic E-state index is 13.3. The van der Waals surface area contributed by atoms with Crippen LogP contribution in [-0.2, 0) is 29.1 Å². The van der Waals surface area contributed by atoms with Crippen LogP contribution in [-0.4, -0.2) is 45.1 Å². The van der Waals surface area contributed by atoms with Gasteiger partial charge in [-0.15, -0.1) is 0 Å². The molecule has 6 nitrogen and oxygen atoms in total. The number of imidazole rings is 1. The molecule has 1 saturated heterocycles. The first-order valence-corrected chi connectivity index (χ1v) is 11.0. The molecule has 1 fully saturated rings. The lowest BCUT2D eigenvalue weighted by Gasteiger charge is -2.27. The summed E-state index contributed by atoms with van der Waals surface area (Å²) in [6.45, 7) is 1.81. The molecule has 1 aromatic heterocycles. The van der Waals surface area contributed by atoms with Gasteiger partial charge >= 0.3 is 0 Å². The zero-order chi connectivity index (χ0) is 22.3. The van der Waals surface area contributed by atoms with Crippen LogP contribution in [0.25, 0.3) is 0 Å². The summed E-state index contributed by atoms with van der Waals surface area (Å²) in [5, 5.41) is 0. The summed E-state index contributed by atoms with van der Waals surface area (Å²) in [5.74, 6) is -0.387. The Morgan fingerprint density at radius 2 is 1.94 bits per heavy atom. The molecular weight excluding hydrogens is 407 g/mol. The largest absolute Gasteiger partial charge is 0.372 e. The second-order valence-corrected chi connectivity index (χ2v) is 8.33. The Balaban J connectivity index is 1.40. The van der Waals surface area contributed by atoms with E-state index < -0.39 is 6.04 Å².